The maximum absolute atomic E-state index is 11.8. The van der Waals surface area contributed by atoms with E-state index < -0.39 is 0 Å². The highest BCUT2D eigenvalue weighted by Gasteiger charge is 2.12. The number of nitrogens with two attached hydrogens (primary N) is 1. The van der Waals surface area contributed by atoms with Gasteiger partial charge in [-0.2, -0.15) is 0 Å². The minimum atomic E-state index is -0.285. The van der Waals surface area contributed by atoms with Crippen LogP contribution in [0.3, 0.4) is 0 Å². The number of anilines is 1. The summed E-state index contributed by atoms with van der Waals surface area (Å²) in [6.07, 6.45) is 1.99. The highest BCUT2D eigenvalue weighted by Crippen LogP contribution is 2.18. The van der Waals surface area contributed by atoms with Crippen molar-refractivity contribution in [3.63, 3.8) is 0 Å². The first-order valence-corrected chi connectivity index (χ1v) is 6.49. The SMILES string of the molecule is Cc1cnc(NC(=O)CC(N)c2ccccc2)s1. The van der Waals surface area contributed by atoms with E-state index >= 15 is 0 Å². The van der Waals surface area contributed by atoms with Crippen LogP contribution in [0.4, 0.5) is 5.13 Å². The highest BCUT2D eigenvalue weighted by molar-refractivity contribution is 7.15. The Kier molecular flexibility index (Phi) is 4.07. The fourth-order valence-corrected chi connectivity index (χ4v) is 2.28. The molecule has 0 aliphatic rings. The lowest BCUT2D eigenvalue weighted by Gasteiger charge is -2.10. The predicted molar refractivity (Wildman–Crippen MR) is 73.5 cm³/mol. The Bertz CT molecular complexity index is 524. The van der Waals surface area contributed by atoms with Crippen molar-refractivity contribution in [2.45, 2.75) is 19.4 Å². The zero-order valence-corrected chi connectivity index (χ0v) is 10.9. The molecule has 1 heterocycles. The molecule has 5 heteroatoms. The van der Waals surface area contributed by atoms with Gasteiger partial charge in [0, 0.05) is 23.5 Å². The third-order valence-electron chi connectivity index (χ3n) is 2.50. The molecule has 1 amide bonds. The number of nitrogens with zero attached hydrogens (tertiary/aromatic N) is 1. The Hall–Kier alpha value is -1.72. The molecule has 18 heavy (non-hydrogen) atoms. The summed E-state index contributed by atoms with van der Waals surface area (Å²) in [7, 11) is 0. The van der Waals surface area contributed by atoms with Crippen LogP contribution >= 0.6 is 11.3 Å². The third-order valence-corrected chi connectivity index (χ3v) is 3.33. The quantitative estimate of drug-likeness (QED) is 0.888. The number of carbonyl (C=O) groups excluding carboxylic acids is 1. The molecule has 0 spiro atoms. The molecule has 2 aromatic rings. The van der Waals surface area contributed by atoms with E-state index in [1.165, 1.54) is 11.3 Å². The molecule has 0 saturated heterocycles. The second-order valence-corrected chi connectivity index (χ2v) is 5.28. The van der Waals surface area contributed by atoms with Crippen LogP contribution in [-0.4, -0.2) is 10.9 Å². The second kappa shape index (κ2) is 5.75. The molecular weight excluding hydrogens is 246 g/mol. The Morgan fingerprint density at radius 3 is 2.78 bits per heavy atom. The summed E-state index contributed by atoms with van der Waals surface area (Å²) >= 11 is 1.46. The van der Waals surface area contributed by atoms with Gasteiger partial charge in [0.1, 0.15) is 0 Å². The van der Waals surface area contributed by atoms with E-state index in [1.54, 1.807) is 6.20 Å². The first-order chi connectivity index (χ1) is 8.65. The van der Waals surface area contributed by atoms with E-state index in [9.17, 15) is 4.79 Å². The van der Waals surface area contributed by atoms with Crippen molar-refractivity contribution in [1.29, 1.82) is 0 Å². The van der Waals surface area contributed by atoms with Gasteiger partial charge in [0.2, 0.25) is 5.91 Å². The number of aromatic nitrogens is 1. The van der Waals surface area contributed by atoms with Crippen LogP contribution in [0.25, 0.3) is 0 Å². The molecule has 0 saturated carbocycles. The normalized spacial score (nSPS) is 12.1. The van der Waals surface area contributed by atoms with Crippen molar-refractivity contribution in [2.24, 2.45) is 5.73 Å². The zero-order valence-electron chi connectivity index (χ0n) is 10.1. The van der Waals surface area contributed by atoms with Gasteiger partial charge in [-0.25, -0.2) is 4.98 Å². The average Bonchev–Trinajstić information content (AvgIpc) is 2.75. The van der Waals surface area contributed by atoms with Crippen LogP contribution in [0, 0.1) is 6.92 Å². The Balaban J connectivity index is 1.92. The minimum absolute atomic E-state index is 0.110. The molecule has 0 fully saturated rings. The summed E-state index contributed by atoms with van der Waals surface area (Å²) in [5.41, 5.74) is 6.94. The monoisotopic (exact) mass is 261 g/mol. The fraction of sp³-hybridized carbons (Fsp3) is 0.231. The molecule has 0 aliphatic heterocycles. The summed E-state index contributed by atoms with van der Waals surface area (Å²) in [5.74, 6) is -0.110. The van der Waals surface area contributed by atoms with Gasteiger partial charge in [-0.3, -0.25) is 4.79 Å². The molecule has 2 rings (SSSR count). The molecule has 4 nitrogen and oxygen atoms in total. The largest absolute Gasteiger partial charge is 0.324 e. The summed E-state index contributed by atoms with van der Waals surface area (Å²) in [6.45, 7) is 1.95. The van der Waals surface area contributed by atoms with Crippen molar-refractivity contribution in [3.05, 3.63) is 47.0 Å². The molecule has 94 valence electrons. The maximum Gasteiger partial charge on any atom is 0.228 e. The highest BCUT2D eigenvalue weighted by atomic mass is 32.1. The van der Waals surface area contributed by atoms with Crippen LogP contribution in [-0.2, 0) is 4.79 Å². The average molecular weight is 261 g/mol. The van der Waals surface area contributed by atoms with E-state index in [0.717, 1.165) is 10.4 Å². The van der Waals surface area contributed by atoms with Crippen molar-refractivity contribution in [3.8, 4) is 0 Å². The lowest BCUT2D eigenvalue weighted by Crippen LogP contribution is -2.20. The molecule has 0 radical (unpaired) electrons. The van der Waals surface area contributed by atoms with Crippen LogP contribution in [0.2, 0.25) is 0 Å². The van der Waals surface area contributed by atoms with E-state index in [2.05, 4.69) is 10.3 Å². The molecule has 0 aliphatic carbocycles. The van der Waals surface area contributed by atoms with Crippen LogP contribution in [0.5, 0.6) is 0 Å². The number of amides is 1. The van der Waals surface area contributed by atoms with Crippen molar-refractivity contribution >= 4 is 22.4 Å². The van der Waals surface area contributed by atoms with E-state index in [-0.39, 0.29) is 18.4 Å². The predicted octanol–water partition coefficient (Wildman–Crippen LogP) is 2.48. The van der Waals surface area contributed by atoms with Gasteiger partial charge in [-0.15, -0.1) is 11.3 Å². The van der Waals surface area contributed by atoms with Gasteiger partial charge in [-0.1, -0.05) is 30.3 Å². The second-order valence-electron chi connectivity index (χ2n) is 4.05. The fourth-order valence-electron chi connectivity index (χ4n) is 1.60. The van der Waals surface area contributed by atoms with Crippen molar-refractivity contribution in [2.75, 3.05) is 5.32 Å². The van der Waals surface area contributed by atoms with Gasteiger partial charge in [-0.05, 0) is 12.5 Å². The first kappa shape index (κ1) is 12.7. The molecule has 3 N–H and O–H groups in total. The standard InChI is InChI=1S/C13H15N3OS/c1-9-8-15-13(18-9)16-12(17)7-11(14)10-5-3-2-4-6-10/h2-6,8,11H,7,14H2,1H3,(H,15,16,17). The Labute approximate surface area is 110 Å². The van der Waals surface area contributed by atoms with Gasteiger partial charge in [0.05, 0.1) is 0 Å². The lowest BCUT2D eigenvalue weighted by molar-refractivity contribution is -0.116. The topological polar surface area (TPSA) is 68.0 Å². The number of nitrogens with one attached hydrogen (secondary N) is 1. The van der Waals surface area contributed by atoms with Crippen molar-refractivity contribution < 1.29 is 4.79 Å². The van der Waals surface area contributed by atoms with Crippen LogP contribution < -0.4 is 11.1 Å². The number of carbonyl (C=O) groups is 1. The number of hydrogen-bond acceptors (Lipinski definition) is 4. The Morgan fingerprint density at radius 2 is 2.17 bits per heavy atom. The van der Waals surface area contributed by atoms with E-state index in [4.69, 9.17) is 5.73 Å². The van der Waals surface area contributed by atoms with Gasteiger partial charge < -0.3 is 11.1 Å². The molecule has 1 aromatic heterocycles. The summed E-state index contributed by atoms with van der Waals surface area (Å²) < 4.78 is 0. The van der Waals surface area contributed by atoms with Gasteiger partial charge in [0.15, 0.2) is 5.13 Å². The van der Waals surface area contributed by atoms with Gasteiger partial charge >= 0.3 is 0 Å². The lowest BCUT2D eigenvalue weighted by atomic mass is 10.0. The zero-order chi connectivity index (χ0) is 13.0. The number of aryl methyl sites for hydroxylation is 1. The third kappa shape index (κ3) is 3.38. The summed E-state index contributed by atoms with van der Waals surface area (Å²) in [5, 5.41) is 3.37. The molecular formula is C13H15N3OS. The van der Waals surface area contributed by atoms with Crippen LogP contribution in [0.15, 0.2) is 36.5 Å². The van der Waals surface area contributed by atoms with E-state index in [0.29, 0.717) is 5.13 Å². The molecule has 1 atom stereocenters. The molecule has 1 unspecified atom stereocenters. The number of thiazole rings is 1. The van der Waals surface area contributed by atoms with E-state index in [1.807, 2.05) is 37.3 Å². The Morgan fingerprint density at radius 1 is 1.44 bits per heavy atom. The maximum atomic E-state index is 11.8. The molecule has 1 aromatic carbocycles. The number of benzene rings is 1. The molecule has 0 bridgehead atoms. The first-order valence-electron chi connectivity index (χ1n) is 5.68. The smallest absolute Gasteiger partial charge is 0.228 e. The number of rotatable bonds is 4. The minimum Gasteiger partial charge on any atom is -0.324 e. The van der Waals surface area contributed by atoms with Crippen LogP contribution in [0.1, 0.15) is 22.9 Å². The number of hydrogen-bond donors (Lipinski definition) is 2. The summed E-state index contributed by atoms with van der Waals surface area (Å²) in [4.78, 5) is 16.9. The van der Waals surface area contributed by atoms with Gasteiger partial charge in [0.25, 0.3) is 0 Å². The summed E-state index contributed by atoms with van der Waals surface area (Å²) in [6, 6.07) is 9.31. The van der Waals surface area contributed by atoms with Crippen molar-refractivity contribution in [1.82, 2.24) is 4.98 Å².